The monoisotopic (exact) mass is 338 g/mol. The van der Waals surface area contributed by atoms with E-state index in [4.69, 9.17) is 4.99 Å². The fraction of sp³-hybridized carbons (Fsp3) is 0.316. The van der Waals surface area contributed by atoms with Crippen LogP contribution >= 0.6 is 0 Å². The number of phenolic OH excluding ortho intramolecular Hbond substituents is 2. The zero-order valence-electron chi connectivity index (χ0n) is 13.6. The minimum atomic E-state index is -0.411. The summed E-state index contributed by atoms with van der Waals surface area (Å²) >= 11 is 0. The van der Waals surface area contributed by atoms with E-state index in [0.29, 0.717) is 11.3 Å². The molecule has 2 unspecified atom stereocenters. The molecule has 0 saturated heterocycles. The zero-order chi connectivity index (χ0) is 17.6. The average Bonchev–Trinajstić information content (AvgIpc) is 2.63. The molecule has 0 spiro atoms. The summed E-state index contributed by atoms with van der Waals surface area (Å²) in [5.41, 5.74) is 3.09. The Hall–Kier alpha value is -2.89. The van der Waals surface area contributed by atoms with Crippen molar-refractivity contribution in [3.63, 3.8) is 0 Å². The molecule has 2 aliphatic rings. The third-order valence-electron chi connectivity index (χ3n) is 5.22. The first-order valence-electron chi connectivity index (χ1n) is 8.43. The van der Waals surface area contributed by atoms with Gasteiger partial charge in [-0.05, 0) is 37.0 Å². The Morgan fingerprint density at radius 3 is 2.80 bits per heavy atom. The molecule has 0 aromatic heterocycles. The normalized spacial score (nSPS) is 21.8. The second kappa shape index (κ2) is 5.88. The van der Waals surface area contributed by atoms with Gasteiger partial charge in [-0.3, -0.25) is 15.1 Å². The molecule has 2 N–H and O–H groups in total. The predicted octanol–water partition coefficient (Wildman–Crippen LogP) is 4.41. The summed E-state index contributed by atoms with van der Waals surface area (Å²) < 4.78 is 0. The highest BCUT2D eigenvalue weighted by Gasteiger charge is 2.38. The van der Waals surface area contributed by atoms with Crippen LogP contribution in [0.1, 0.15) is 42.7 Å². The van der Waals surface area contributed by atoms with Gasteiger partial charge in [-0.2, -0.15) is 0 Å². The Morgan fingerprint density at radius 2 is 2.00 bits per heavy atom. The molecule has 1 fully saturated rings. The van der Waals surface area contributed by atoms with Gasteiger partial charge in [0.25, 0.3) is 5.69 Å². The van der Waals surface area contributed by atoms with Gasteiger partial charge in [0.1, 0.15) is 0 Å². The molecule has 1 aliphatic heterocycles. The smallest absolute Gasteiger partial charge is 0.269 e. The van der Waals surface area contributed by atoms with Crippen LogP contribution in [-0.2, 0) is 0 Å². The zero-order valence-corrected chi connectivity index (χ0v) is 13.6. The molecular weight excluding hydrogens is 320 g/mol. The number of fused-ring (bicyclic) bond motifs is 2. The Labute approximate surface area is 144 Å². The predicted molar refractivity (Wildman–Crippen MR) is 93.8 cm³/mol. The lowest BCUT2D eigenvalue weighted by molar-refractivity contribution is -0.384. The van der Waals surface area contributed by atoms with Crippen LogP contribution in [-0.4, -0.2) is 20.8 Å². The van der Waals surface area contributed by atoms with Gasteiger partial charge in [-0.25, -0.2) is 0 Å². The van der Waals surface area contributed by atoms with Crippen molar-refractivity contribution in [2.24, 2.45) is 10.9 Å². The molecule has 0 radical (unpaired) electrons. The van der Waals surface area contributed by atoms with E-state index in [1.807, 2.05) is 6.07 Å². The van der Waals surface area contributed by atoms with E-state index in [2.05, 4.69) is 0 Å². The number of non-ortho nitro benzene ring substituents is 1. The van der Waals surface area contributed by atoms with Crippen molar-refractivity contribution in [3.05, 3.63) is 57.6 Å². The van der Waals surface area contributed by atoms with Gasteiger partial charge < -0.3 is 10.2 Å². The lowest BCUT2D eigenvalue weighted by Crippen LogP contribution is -2.29. The molecule has 6 nitrogen and oxygen atoms in total. The third kappa shape index (κ3) is 2.54. The first kappa shape index (κ1) is 15.6. The van der Waals surface area contributed by atoms with E-state index in [9.17, 15) is 20.3 Å². The summed E-state index contributed by atoms with van der Waals surface area (Å²) in [4.78, 5) is 15.5. The van der Waals surface area contributed by atoms with Crippen molar-refractivity contribution in [3.8, 4) is 11.5 Å². The molecule has 2 aromatic rings. The van der Waals surface area contributed by atoms with Crippen LogP contribution in [0.5, 0.6) is 11.5 Å². The van der Waals surface area contributed by atoms with Crippen molar-refractivity contribution < 1.29 is 15.1 Å². The number of nitro groups is 1. The number of nitro benzene ring substituents is 1. The standard InChI is InChI=1S/C19H18N2O4/c22-16-9-8-15-18(19(16)23)17(13-6-1-2-7-14(13)20-15)11-4-3-5-12(10-11)21(24)25/h3-5,8-10,13,17,22-23H,1-2,6-7H2. The fourth-order valence-corrected chi connectivity index (χ4v) is 4.10. The molecule has 25 heavy (non-hydrogen) atoms. The number of phenols is 2. The fourth-order valence-electron chi connectivity index (χ4n) is 4.10. The van der Waals surface area contributed by atoms with Crippen molar-refractivity contribution >= 4 is 17.1 Å². The van der Waals surface area contributed by atoms with Gasteiger partial charge in [0.05, 0.1) is 10.6 Å². The summed E-state index contributed by atoms with van der Waals surface area (Å²) in [6, 6.07) is 9.68. The Kier molecular flexibility index (Phi) is 3.67. The number of hydrogen-bond donors (Lipinski definition) is 2. The van der Waals surface area contributed by atoms with E-state index in [1.165, 1.54) is 12.1 Å². The van der Waals surface area contributed by atoms with Crippen molar-refractivity contribution in [1.82, 2.24) is 0 Å². The first-order valence-corrected chi connectivity index (χ1v) is 8.43. The first-order chi connectivity index (χ1) is 12.1. The Morgan fingerprint density at radius 1 is 1.16 bits per heavy atom. The molecule has 1 saturated carbocycles. The highest BCUT2D eigenvalue weighted by Crippen LogP contribution is 2.52. The molecule has 2 aromatic carbocycles. The molecule has 2 atom stereocenters. The van der Waals surface area contributed by atoms with Gasteiger partial charge in [0, 0.05) is 35.2 Å². The van der Waals surface area contributed by atoms with Crippen LogP contribution in [0.3, 0.4) is 0 Å². The van der Waals surface area contributed by atoms with Crippen LogP contribution in [0.2, 0.25) is 0 Å². The van der Waals surface area contributed by atoms with Gasteiger partial charge >= 0.3 is 0 Å². The maximum atomic E-state index is 11.2. The minimum Gasteiger partial charge on any atom is -0.504 e. The number of rotatable bonds is 2. The second-order valence-corrected chi connectivity index (χ2v) is 6.65. The second-order valence-electron chi connectivity index (χ2n) is 6.65. The molecule has 0 bridgehead atoms. The van der Waals surface area contributed by atoms with Gasteiger partial charge in [0.15, 0.2) is 11.5 Å². The summed E-state index contributed by atoms with van der Waals surface area (Å²) in [5, 5.41) is 31.6. The van der Waals surface area contributed by atoms with Gasteiger partial charge in [-0.15, -0.1) is 0 Å². The quantitative estimate of drug-likeness (QED) is 0.481. The van der Waals surface area contributed by atoms with Crippen LogP contribution in [0.15, 0.2) is 41.4 Å². The van der Waals surface area contributed by atoms with Crippen molar-refractivity contribution in [2.45, 2.75) is 31.6 Å². The maximum absolute atomic E-state index is 11.2. The highest BCUT2D eigenvalue weighted by molar-refractivity contribution is 5.94. The Balaban J connectivity index is 1.93. The lowest BCUT2D eigenvalue weighted by Gasteiger charge is -2.36. The van der Waals surface area contributed by atoms with E-state index in [0.717, 1.165) is 37.0 Å². The van der Waals surface area contributed by atoms with Crippen LogP contribution in [0.4, 0.5) is 11.4 Å². The minimum absolute atomic E-state index is 0.0264. The van der Waals surface area contributed by atoms with Gasteiger partial charge in [0.2, 0.25) is 0 Å². The van der Waals surface area contributed by atoms with E-state index in [-0.39, 0.29) is 29.0 Å². The average molecular weight is 338 g/mol. The molecule has 4 rings (SSSR count). The topological polar surface area (TPSA) is 96.0 Å². The largest absolute Gasteiger partial charge is 0.504 e. The Bertz CT molecular complexity index is 891. The van der Waals surface area contributed by atoms with Gasteiger partial charge in [-0.1, -0.05) is 18.6 Å². The lowest BCUT2D eigenvalue weighted by atomic mass is 9.70. The van der Waals surface area contributed by atoms with Crippen molar-refractivity contribution in [1.29, 1.82) is 0 Å². The van der Waals surface area contributed by atoms with E-state index in [1.54, 1.807) is 18.2 Å². The van der Waals surface area contributed by atoms with E-state index < -0.39 is 4.92 Å². The molecule has 128 valence electrons. The molecule has 1 heterocycles. The van der Waals surface area contributed by atoms with E-state index >= 15 is 0 Å². The van der Waals surface area contributed by atoms with Crippen LogP contribution in [0.25, 0.3) is 0 Å². The summed E-state index contributed by atoms with van der Waals surface area (Å²) in [6.45, 7) is 0. The molecule has 1 aliphatic carbocycles. The van der Waals surface area contributed by atoms with Crippen LogP contribution < -0.4 is 0 Å². The molecule has 6 heteroatoms. The number of hydrogen-bond acceptors (Lipinski definition) is 5. The SMILES string of the molecule is O=[N+]([O-])c1cccc(C2c3c(ccc(O)c3O)N=C3CCCCC32)c1. The molecule has 0 amide bonds. The molecular formula is C19H18N2O4. The summed E-state index contributed by atoms with van der Waals surface area (Å²) in [6.07, 6.45) is 3.96. The number of nitrogens with zero attached hydrogens (tertiary/aromatic N) is 2. The summed E-state index contributed by atoms with van der Waals surface area (Å²) in [7, 11) is 0. The third-order valence-corrected chi connectivity index (χ3v) is 5.22. The van der Waals surface area contributed by atoms with Crippen molar-refractivity contribution in [2.75, 3.05) is 0 Å². The number of benzene rings is 2. The highest BCUT2D eigenvalue weighted by atomic mass is 16.6. The van der Waals surface area contributed by atoms with Crippen LogP contribution in [0, 0.1) is 16.0 Å². The number of aliphatic imine (C=N–C) groups is 1. The maximum Gasteiger partial charge on any atom is 0.269 e. The number of aromatic hydroxyl groups is 2. The summed E-state index contributed by atoms with van der Waals surface area (Å²) in [5.74, 6) is -0.517.